The van der Waals surface area contributed by atoms with E-state index in [2.05, 4.69) is 0 Å². The number of amides is 1. The quantitative estimate of drug-likeness (QED) is 0.744. The van der Waals surface area contributed by atoms with Gasteiger partial charge in [0.25, 0.3) is 5.91 Å². The molecule has 4 nitrogen and oxygen atoms in total. The summed E-state index contributed by atoms with van der Waals surface area (Å²) in [6, 6.07) is 5.44. The fourth-order valence-corrected chi connectivity index (χ4v) is 1.75. The van der Waals surface area contributed by atoms with E-state index in [9.17, 15) is 4.79 Å². The molecule has 1 aromatic rings. The number of rotatable bonds is 2. The van der Waals surface area contributed by atoms with Gasteiger partial charge >= 0.3 is 0 Å². The van der Waals surface area contributed by atoms with Gasteiger partial charge in [0.15, 0.2) is 6.61 Å². The first-order valence-electron chi connectivity index (χ1n) is 5.05. The first-order valence-corrected chi connectivity index (χ1v) is 5.05. The van der Waals surface area contributed by atoms with Crippen LogP contribution in [0.5, 0.6) is 5.75 Å². The number of para-hydroxylation sites is 1. The molecule has 2 rings (SSSR count). The summed E-state index contributed by atoms with van der Waals surface area (Å²) in [7, 11) is 0. The Morgan fingerprint density at radius 1 is 1.53 bits per heavy atom. The summed E-state index contributed by atoms with van der Waals surface area (Å²) in [5.74, 6) is 0.672. The lowest BCUT2D eigenvalue weighted by molar-refractivity contribution is -0.121. The number of hydrogen-bond acceptors (Lipinski definition) is 3. The van der Waals surface area contributed by atoms with Crippen LogP contribution in [-0.4, -0.2) is 19.1 Å². The highest BCUT2D eigenvalue weighted by Gasteiger charge is 2.26. The molecular weight excluding hydrogens is 192 g/mol. The molecule has 0 radical (unpaired) electrons. The Morgan fingerprint density at radius 2 is 2.33 bits per heavy atom. The molecule has 1 heterocycles. The summed E-state index contributed by atoms with van der Waals surface area (Å²) in [4.78, 5) is 13.3. The summed E-state index contributed by atoms with van der Waals surface area (Å²) in [6.45, 7) is 2.82. The van der Waals surface area contributed by atoms with Crippen molar-refractivity contribution in [3.63, 3.8) is 0 Å². The number of fused-ring (bicyclic) bond motifs is 1. The van der Waals surface area contributed by atoms with Gasteiger partial charge in [-0.1, -0.05) is 13.0 Å². The van der Waals surface area contributed by atoms with E-state index in [-0.39, 0.29) is 12.5 Å². The second kappa shape index (κ2) is 3.81. The molecule has 2 N–H and O–H groups in total. The van der Waals surface area contributed by atoms with E-state index in [0.717, 1.165) is 12.1 Å². The van der Waals surface area contributed by atoms with Crippen molar-refractivity contribution < 1.29 is 9.53 Å². The van der Waals surface area contributed by atoms with Crippen LogP contribution >= 0.6 is 0 Å². The number of nitrogen functional groups attached to an aromatic ring is 1. The first kappa shape index (κ1) is 9.83. The van der Waals surface area contributed by atoms with Gasteiger partial charge in [0.1, 0.15) is 11.4 Å². The fraction of sp³-hybridized carbons (Fsp3) is 0.364. The van der Waals surface area contributed by atoms with Gasteiger partial charge in [0, 0.05) is 6.54 Å². The third-order valence-corrected chi connectivity index (χ3v) is 2.40. The third-order valence-electron chi connectivity index (χ3n) is 2.40. The predicted octanol–water partition coefficient (Wildman–Crippen LogP) is 1.40. The van der Waals surface area contributed by atoms with E-state index in [1.165, 1.54) is 0 Å². The maximum absolute atomic E-state index is 11.6. The van der Waals surface area contributed by atoms with Crippen molar-refractivity contribution in [2.45, 2.75) is 13.3 Å². The number of benzene rings is 1. The minimum atomic E-state index is -0.0257. The maximum Gasteiger partial charge on any atom is 0.265 e. The number of hydrogen-bond donors (Lipinski definition) is 1. The zero-order valence-electron chi connectivity index (χ0n) is 8.69. The maximum atomic E-state index is 11.6. The van der Waals surface area contributed by atoms with Crippen molar-refractivity contribution in [2.24, 2.45) is 0 Å². The van der Waals surface area contributed by atoms with E-state index in [1.807, 2.05) is 19.1 Å². The second-order valence-corrected chi connectivity index (χ2v) is 3.53. The van der Waals surface area contributed by atoms with Crippen LogP contribution < -0.4 is 15.4 Å². The van der Waals surface area contributed by atoms with Crippen molar-refractivity contribution >= 4 is 17.3 Å². The zero-order valence-corrected chi connectivity index (χ0v) is 8.69. The minimum Gasteiger partial charge on any atom is -0.481 e. The molecule has 1 aliphatic rings. The van der Waals surface area contributed by atoms with E-state index in [0.29, 0.717) is 18.0 Å². The normalized spacial score (nSPS) is 14.7. The second-order valence-electron chi connectivity index (χ2n) is 3.53. The number of ether oxygens (including phenoxy) is 1. The Labute approximate surface area is 88.6 Å². The summed E-state index contributed by atoms with van der Waals surface area (Å²) >= 11 is 0. The number of carbonyl (C=O) groups is 1. The molecule has 0 aromatic heterocycles. The third kappa shape index (κ3) is 1.63. The number of anilines is 2. The monoisotopic (exact) mass is 206 g/mol. The smallest absolute Gasteiger partial charge is 0.265 e. The Balaban J connectivity index is 2.45. The molecule has 0 unspecified atom stereocenters. The Hall–Kier alpha value is -1.71. The van der Waals surface area contributed by atoms with Crippen LogP contribution in [0.25, 0.3) is 0 Å². The van der Waals surface area contributed by atoms with Crippen LogP contribution in [0.1, 0.15) is 13.3 Å². The van der Waals surface area contributed by atoms with Crippen molar-refractivity contribution in [3.8, 4) is 5.75 Å². The predicted molar refractivity (Wildman–Crippen MR) is 59.0 cm³/mol. The van der Waals surface area contributed by atoms with Crippen LogP contribution in [0.4, 0.5) is 11.4 Å². The fourth-order valence-electron chi connectivity index (χ4n) is 1.75. The van der Waals surface area contributed by atoms with Crippen LogP contribution in [0.2, 0.25) is 0 Å². The van der Waals surface area contributed by atoms with Gasteiger partial charge in [-0.2, -0.15) is 0 Å². The number of carbonyl (C=O) groups excluding carboxylic acids is 1. The molecule has 4 heteroatoms. The van der Waals surface area contributed by atoms with Crippen LogP contribution in [-0.2, 0) is 4.79 Å². The molecule has 0 saturated carbocycles. The number of nitrogens with zero attached hydrogens (tertiary/aromatic N) is 1. The van der Waals surface area contributed by atoms with Gasteiger partial charge in [0.2, 0.25) is 0 Å². The van der Waals surface area contributed by atoms with E-state index in [1.54, 1.807) is 11.0 Å². The van der Waals surface area contributed by atoms with Crippen LogP contribution in [0.15, 0.2) is 18.2 Å². The average Bonchev–Trinajstić information content (AvgIpc) is 2.23. The van der Waals surface area contributed by atoms with Gasteiger partial charge in [-0.3, -0.25) is 4.79 Å². The standard InChI is InChI=1S/C11H14N2O2/c1-2-6-13-10(14)7-15-9-5-3-4-8(12)11(9)13/h3-5H,2,6-7,12H2,1H3. The Morgan fingerprint density at radius 3 is 3.07 bits per heavy atom. The SMILES string of the molecule is CCCN1C(=O)COc2cccc(N)c21. The molecule has 0 bridgehead atoms. The van der Waals surface area contributed by atoms with Crippen molar-refractivity contribution in [1.82, 2.24) is 0 Å². The van der Waals surface area contributed by atoms with Crippen molar-refractivity contribution in [3.05, 3.63) is 18.2 Å². The zero-order chi connectivity index (χ0) is 10.8. The molecule has 80 valence electrons. The molecule has 1 amide bonds. The highest BCUT2D eigenvalue weighted by atomic mass is 16.5. The molecule has 0 spiro atoms. The Bertz CT molecular complexity index is 390. The molecular formula is C11H14N2O2. The summed E-state index contributed by atoms with van der Waals surface area (Å²) in [5.41, 5.74) is 7.16. The molecule has 0 atom stereocenters. The number of nitrogens with two attached hydrogens (primary N) is 1. The lowest BCUT2D eigenvalue weighted by Gasteiger charge is -2.30. The molecule has 0 fully saturated rings. The van der Waals surface area contributed by atoms with Gasteiger partial charge in [-0.05, 0) is 18.6 Å². The minimum absolute atomic E-state index is 0.0257. The van der Waals surface area contributed by atoms with Crippen molar-refractivity contribution in [1.29, 1.82) is 0 Å². The molecule has 0 saturated heterocycles. The average molecular weight is 206 g/mol. The molecule has 1 aliphatic heterocycles. The first-order chi connectivity index (χ1) is 7.24. The van der Waals surface area contributed by atoms with E-state index >= 15 is 0 Å². The highest BCUT2D eigenvalue weighted by molar-refractivity contribution is 6.01. The lowest BCUT2D eigenvalue weighted by Crippen LogP contribution is -2.39. The molecule has 0 aliphatic carbocycles. The largest absolute Gasteiger partial charge is 0.481 e. The van der Waals surface area contributed by atoms with E-state index in [4.69, 9.17) is 10.5 Å². The van der Waals surface area contributed by atoms with Gasteiger partial charge in [-0.15, -0.1) is 0 Å². The van der Waals surface area contributed by atoms with Gasteiger partial charge < -0.3 is 15.4 Å². The molecule has 15 heavy (non-hydrogen) atoms. The molecule has 1 aromatic carbocycles. The Kier molecular flexibility index (Phi) is 2.49. The van der Waals surface area contributed by atoms with Crippen molar-refractivity contribution in [2.75, 3.05) is 23.8 Å². The lowest BCUT2D eigenvalue weighted by atomic mass is 10.2. The van der Waals surface area contributed by atoms with Crippen LogP contribution in [0, 0.1) is 0 Å². The van der Waals surface area contributed by atoms with E-state index < -0.39 is 0 Å². The summed E-state index contributed by atoms with van der Waals surface area (Å²) in [5, 5.41) is 0. The van der Waals surface area contributed by atoms with Gasteiger partial charge in [0.05, 0.1) is 5.69 Å². The van der Waals surface area contributed by atoms with Gasteiger partial charge in [-0.25, -0.2) is 0 Å². The van der Waals surface area contributed by atoms with Crippen LogP contribution in [0.3, 0.4) is 0 Å². The summed E-state index contributed by atoms with van der Waals surface area (Å²) in [6.07, 6.45) is 0.902. The summed E-state index contributed by atoms with van der Waals surface area (Å²) < 4.78 is 5.32. The topological polar surface area (TPSA) is 55.6 Å². The highest BCUT2D eigenvalue weighted by Crippen LogP contribution is 2.36.